The van der Waals surface area contributed by atoms with Gasteiger partial charge in [-0.15, -0.1) is 12.4 Å². The van der Waals surface area contributed by atoms with Gasteiger partial charge in [0.05, 0.1) is 26.0 Å². The van der Waals surface area contributed by atoms with Crippen molar-refractivity contribution in [1.29, 1.82) is 0 Å². The smallest absolute Gasteiger partial charge is 0.145 e. The van der Waals surface area contributed by atoms with Crippen LogP contribution in [-0.2, 0) is 9.57 Å². The van der Waals surface area contributed by atoms with Crippen LogP contribution in [0.4, 0.5) is 0 Å². The highest BCUT2D eigenvalue weighted by Gasteiger charge is 2.25. The van der Waals surface area contributed by atoms with Crippen LogP contribution < -0.4 is 4.74 Å². The summed E-state index contributed by atoms with van der Waals surface area (Å²) in [4.78, 5) is 7.93. The predicted molar refractivity (Wildman–Crippen MR) is 83.5 cm³/mol. The van der Waals surface area contributed by atoms with E-state index in [4.69, 9.17) is 14.3 Å². The predicted octanol–water partition coefficient (Wildman–Crippen LogP) is 1.94. The maximum Gasteiger partial charge on any atom is 0.145 e. The fourth-order valence-electron chi connectivity index (χ4n) is 2.55. The average Bonchev–Trinajstić information content (AvgIpc) is 2.97. The number of rotatable bonds is 4. The van der Waals surface area contributed by atoms with Crippen LogP contribution in [0.5, 0.6) is 5.75 Å². The molecule has 1 fully saturated rings. The number of morpholine rings is 1. The maximum absolute atomic E-state index is 5.55. The molecule has 2 aliphatic heterocycles. The van der Waals surface area contributed by atoms with Crippen molar-refractivity contribution in [3.8, 4) is 5.75 Å². The molecule has 1 atom stereocenters. The molecule has 0 aliphatic carbocycles. The van der Waals surface area contributed by atoms with E-state index in [2.05, 4.69) is 10.1 Å². The van der Waals surface area contributed by atoms with Crippen molar-refractivity contribution in [2.45, 2.75) is 12.5 Å². The number of methoxy groups -OCH3 is 1. The van der Waals surface area contributed by atoms with E-state index in [9.17, 15) is 0 Å². The Labute approximate surface area is 131 Å². The number of hydrogen-bond donors (Lipinski definition) is 0. The van der Waals surface area contributed by atoms with Crippen LogP contribution in [-0.4, -0.2) is 56.7 Å². The minimum atomic E-state index is 0. The first kappa shape index (κ1) is 16.1. The lowest BCUT2D eigenvalue weighted by Crippen LogP contribution is -2.41. The molecule has 0 saturated carbocycles. The average molecular weight is 313 g/mol. The third-order valence-electron chi connectivity index (χ3n) is 3.72. The van der Waals surface area contributed by atoms with Crippen LogP contribution in [0, 0.1) is 0 Å². The molecule has 0 amide bonds. The van der Waals surface area contributed by atoms with Crippen LogP contribution in [0.15, 0.2) is 29.4 Å². The Hall–Kier alpha value is -1.30. The van der Waals surface area contributed by atoms with Crippen molar-refractivity contribution < 1.29 is 14.3 Å². The molecule has 1 saturated heterocycles. The van der Waals surface area contributed by atoms with E-state index in [0.717, 1.165) is 56.3 Å². The summed E-state index contributed by atoms with van der Waals surface area (Å²) in [6.45, 7) is 4.53. The SMILES string of the molecule is COc1ccc(C2=NOC(CN3CCOCC3)C2)cc1.Cl. The molecule has 5 nitrogen and oxygen atoms in total. The summed E-state index contributed by atoms with van der Waals surface area (Å²) in [7, 11) is 1.67. The number of hydrogen-bond acceptors (Lipinski definition) is 5. The van der Waals surface area contributed by atoms with Crippen LogP contribution in [0.1, 0.15) is 12.0 Å². The van der Waals surface area contributed by atoms with Gasteiger partial charge in [0.2, 0.25) is 0 Å². The Balaban J connectivity index is 0.00000161. The Morgan fingerprint density at radius 3 is 2.62 bits per heavy atom. The fourth-order valence-corrected chi connectivity index (χ4v) is 2.55. The third-order valence-corrected chi connectivity index (χ3v) is 3.72. The topological polar surface area (TPSA) is 43.3 Å². The van der Waals surface area contributed by atoms with Gasteiger partial charge in [0.25, 0.3) is 0 Å². The fraction of sp³-hybridized carbons (Fsp3) is 0.533. The van der Waals surface area contributed by atoms with E-state index in [0.29, 0.717) is 0 Å². The third kappa shape index (κ3) is 4.09. The van der Waals surface area contributed by atoms with Crippen LogP contribution in [0.25, 0.3) is 0 Å². The first-order valence-corrected chi connectivity index (χ1v) is 7.02. The van der Waals surface area contributed by atoms with Gasteiger partial charge in [-0.1, -0.05) is 5.16 Å². The lowest BCUT2D eigenvalue weighted by molar-refractivity contribution is -0.0000388. The van der Waals surface area contributed by atoms with Gasteiger partial charge in [-0.25, -0.2) is 0 Å². The molecule has 0 aromatic heterocycles. The molecule has 0 bridgehead atoms. The Bertz CT molecular complexity index is 472. The van der Waals surface area contributed by atoms with E-state index in [1.54, 1.807) is 7.11 Å². The van der Waals surface area contributed by atoms with E-state index < -0.39 is 0 Å². The first-order chi connectivity index (χ1) is 9.85. The molecule has 0 N–H and O–H groups in total. The molecule has 1 unspecified atom stereocenters. The summed E-state index contributed by atoms with van der Waals surface area (Å²) >= 11 is 0. The normalized spacial score (nSPS) is 22.1. The number of benzene rings is 1. The van der Waals surface area contributed by atoms with Crippen molar-refractivity contribution in [1.82, 2.24) is 4.90 Å². The largest absolute Gasteiger partial charge is 0.497 e. The van der Waals surface area contributed by atoms with Crippen molar-refractivity contribution >= 4 is 18.1 Å². The summed E-state index contributed by atoms with van der Waals surface area (Å²) in [5.41, 5.74) is 2.13. The molecule has 0 radical (unpaired) electrons. The molecule has 2 heterocycles. The second-order valence-electron chi connectivity index (χ2n) is 5.11. The number of oxime groups is 1. The first-order valence-electron chi connectivity index (χ1n) is 7.02. The zero-order valence-corrected chi connectivity index (χ0v) is 13.0. The minimum absolute atomic E-state index is 0. The van der Waals surface area contributed by atoms with Crippen molar-refractivity contribution in [2.24, 2.45) is 5.16 Å². The van der Waals surface area contributed by atoms with E-state index in [-0.39, 0.29) is 18.5 Å². The van der Waals surface area contributed by atoms with Gasteiger partial charge in [0, 0.05) is 26.1 Å². The molecule has 0 spiro atoms. The zero-order chi connectivity index (χ0) is 13.8. The van der Waals surface area contributed by atoms with Gasteiger partial charge in [-0.3, -0.25) is 4.90 Å². The number of halogens is 1. The quantitative estimate of drug-likeness (QED) is 0.852. The summed E-state index contributed by atoms with van der Waals surface area (Å²) in [5, 5.41) is 4.23. The standard InChI is InChI=1S/C15H20N2O3.ClH/c1-18-13-4-2-12(3-5-13)15-10-14(20-16-15)11-17-6-8-19-9-7-17;/h2-5,14H,6-11H2,1H3;1H. The van der Waals surface area contributed by atoms with Gasteiger partial charge in [-0.05, 0) is 29.8 Å². The summed E-state index contributed by atoms with van der Waals surface area (Å²) < 4.78 is 10.5. The zero-order valence-electron chi connectivity index (χ0n) is 12.2. The summed E-state index contributed by atoms with van der Waals surface area (Å²) in [6, 6.07) is 7.95. The van der Waals surface area contributed by atoms with E-state index >= 15 is 0 Å². The Kier molecular flexibility index (Phi) is 5.85. The van der Waals surface area contributed by atoms with Crippen molar-refractivity contribution in [2.75, 3.05) is 40.0 Å². The lowest BCUT2D eigenvalue weighted by atomic mass is 10.0. The maximum atomic E-state index is 5.55. The van der Waals surface area contributed by atoms with Crippen LogP contribution >= 0.6 is 12.4 Å². The monoisotopic (exact) mass is 312 g/mol. The highest BCUT2D eigenvalue weighted by atomic mass is 35.5. The van der Waals surface area contributed by atoms with Crippen molar-refractivity contribution in [3.63, 3.8) is 0 Å². The van der Waals surface area contributed by atoms with Crippen molar-refractivity contribution in [3.05, 3.63) is 29.8 Å². The molecule has 3 rings (SSSR count). The molecule has 1 aromatic rings. The summed E-state index contributed by atoms with van der Waals surface area (Å²) in [5.74, 6) is 0.859. The van der Waals surface area contributed by atoms with Gasteiger partial charge >= 0.3 is 0 Å². The second-order valence-corrected chi connectivity index (χ2v) is 5.11. The minimum Gasteiger partial charge on any atom is -0.497 e. The van der Waals surface area contributed by atoms with Gasteiger partial charge in [0.1, 0.15) is 11.9 Å². The summed E-state index contributed by atoms with van der Waals surface area (Å²) in [6.07, 6.45) is 1.02. The highest BCUT2D eigenvalue weighted by Crippen LogP contribution is 2.20. The number of ether oxygens (including phenoxy) is 2. The van der Waals surface area contributed by atoms with E-state index in [1.165, 1.54) is 0 Å². The molecular formula is C15H21ClN2O3. The van der Waals surface area contributed by atoms with Crippen LogP contribution in [0.2, 0.25) is 0 Å². The Morgan fingerprint density at radius 2 is 1.95 bits per heavy atom. The van der Waals surface area contributed by atoms with Gasteiger partial charge < -0.3 is 14.3 Å². The number of nitrogens with zero attached hydrogens (tertiary/aromatic N) is 2. The second kappa shape index (κ2) is 7.64. The Morgan fingerprint density at radius 1 is 1.24 bits per heavy atom. The molecule has 1 aromatic carbocycles. The molecule has 21 heavy (non-hydrogen) atoms. The van der Waals surface area contributed by atoms with Gasteiger partial charge in [0.15, 0.2) is 0 Å². The highest BCUT2D eigenvalue weighted by molar-refractivity contribution is 6.01. The van der Waals surface area contributed by atoms with Crippen LogP contribution in [0.3, 0.4) is 0 Å². The molecule has 116 valence electrons. The lowest BCUT2D eigenvalue weighted by Gasteiger charge is -2.27. The van der Waals surface area contributed by atoms with E-state index in [1.807, 2.05) is 24.3 Å². The molecule has 2 aliphatic rings. The molecule has 6 heteroatoms. The van der Waals surface area contributed by atoms with Gasteiger partial charge in [-0.2, -0.15) is 0 Å². The molecular weight excluding hydrogens is 292 g/mol.